The van der Waals surface area contributed by atoms with Gasteiger partial charge < -0.3 is 19.3 Å². The molecule has 0 radical (unpaired) electrons. The van der Waals surface area contributed by atoms with Crippen molar-refractivity contribution >= 4 is 17.7 Å². The predicted octanol–water partition coefficient (Wildman–Crippen LogP) is 5.75. The molecule has 3 rings (SSSR count). The number of ether oxygens (including phenoxy) is 2. The number of halogens is 1. The highest BCUT2D eigenvalue weighted by molar-refractivity contribution is 6.30. The zero-order valence-electron chi connectivity index (χ0n) is 18.4. The highest BCUT2D eigenvalue weighted by atomic mass is 35.5. The van der Waals surface area contributed by atoms with E-state index in [-0.39, 0.29) is 12.1 Å². The molecule has 0 atom stereocenters. The summed E-state index contributed by atoms with van der Waals surface area (Å²) in [6.45, 7) is 4.76. The van der Waals surface area contributed by atoms with E-state index in [2.05, 4.69) is 4.90 Å². The smallest absolute Gasteiger partial charge is 0.410 e. The van der Waals surface area contributed by atoms with Crippen molar-refractivity contribution in [3.63, 3.8) is 0 Å². The predicted molar refractivity (Wildman–Crippen MR) is 121 cm³/mol. The molecule has 1 aromatic carbocycles. The summed E-state index contributed by atoms with van der Waals surface area (Å²) in [5.74, 6) is 0.522. The lowest BCUT2D eigenvalue weighted by molar-refractivity contribution is 0.0104. The molecule has 1 aliphatic carbocycles. The van der Waals surface area contributed by atoms with Gasteiger partial charge in [-0.15, -0.1) is 0 Å². The zero-order chi connectivity index (χ0) is 21.2. The first-order valence-corrected chi connectivity index (χ1v) is 12.0. The Kier molecular flexibility index (Phi) is 9.76. The lowest BCUT2D eigenvalue weighted by Gasteiger charge is -2.34. The quantitative estimate of drug-likeness (QED) is 0.437. The Labute approximate surface area is 186 Å². The standard InChI is InChI=1S/C24H37ClN2O3/c1-26(24(28)30-23-12-8-20(25)9-13-23)21-10-14-22(15-11-21)29-19-7-3-2-4-16-27-17-5-6-18-27/h8-9,12-13,21-22H,2-7,10-11,14-19H2,1H3/t21-,22-. The molecular weight excluding hydrogens is 400 g/mol. The molecule has 1 aromatic rings. The van der Waals surface area contributed by atoms with Gasteiger partial charge in [-0.05, 0) is 95.3 Å². The van der Waals surface area contributed by atoms with Gasteiger partial charge in [0.25, 0.3) is 0 Å². The Balaban J connectivity index is 1.23. The van der Waals surface area contributed by atoms with Crippen LogP contribution < -0.4 is 4.74 Å². The van der Waals surface area contributed by atoms with Crippen molar-refractivity contribution in [1.82, 2.24) is 9.80 Å². The summed E-state index contributed by atoms with van der Waals surface area (Å²) >= 11 is 5.87. The Morgan fingerprint density at radius 3 is 2.40 bits per heavy atom. The Bertz CT molecular complexity index is 626. The van der Waals surface area contributed by atoms with E-state index in [4.69, 9.17) is 21.1 Å². The first-order valence-electron chi connectivity index (χ1n) is 11.7. The van der Waals surface area contributed by atoms with E-state index in [1.54, 1.807) is 29.2 Å². The zero-order valence-corrected chi connectivity index (χ0v) is 19.1. The molecule has 0 N–H and O–H groups in total. The van der Waals surface area contributed by atoms with Gasteiger partial charge in [0.05, 0.1) is 6.10 Å². The molecule has 2 fully saturated rings. The third kappa shape index (κ3) is 7.75. The lowest BCUT2D eigenvalue weighted by atomic mass is 9.92. The monoisotopic (exact) mass is 436 g/mol. The number of carbonyl (C=O) groups is 1. The van der Waals surface area contributed by atoms with Crippen molar-refractivity contribution in [1.29, 1.82) is 0 Å². The lowest BCUT2D eigenvalue weighted by Crippen LogP contribution is -2.42. The molecule has 0 spiro atoms. The Morgan fingerprint density at radius 2 is 1.70 bits per heavy atom. The summed E-state index contributed by atoms with van der Waals surface area (Å²) in [7, 11) is 1.83. The molecule has 0 unspecified atom stereocenters. The van der Waals surface area contributed by atoms with Crippen LogP contribution in [0, 0.1) is 0 Å². The number of rotatable bonds is 10. The number of unbranched alkanes of at least 4 members (excludes halogenated alkanes) is 3. The van der Waals surface area contributed by atoms with Crippen LogP contribution in [0.5, 0.6) is 5.75 Å². The van der Waals surface area contributed by atoms with Gasteiger partial charge in [-0.2, -0.15) is 0 Å². The van der Waals surface area contributed by atoms with Gasteiger partial charge in [0.2, 0.25) is 0 Å². The number of amides is 1. The molecule has 6 heteroatoms. The summed E-state index contributed by atoms with van der Waals surface area (Å²) in [4.78, 5) is 16.7. The second-order valence-corrected chi connectivity index (χ2v) is 9.13. The van der Waals surface area contributed by atoms with Crippen LogP contribution in [0.1, 0.15) is 64.2 Å². The van der Waals surface area contributed by atoms with Gasteiger partial charge in [-0.1, -0.05) is 24.4 Å². The molecule has 30 heavy (non-hydrogen) atoms. The molecule has 0 bridgehead atoms. The molecule has 1 saturated carbocycles. The maximum atomic E-state index is 12.4. The minimum Gasteiger partial charge on any atom is -0.410 e. The average molecular weight is 437 g/mol. The highest BCUT2D eigenvalue weighted by Crippen LogP contribution is 2.26. The summed E-state index contributed by atoms with van der Waals surface area (Å²) < 4.78 is 11.6. The fraction of sp³-hybridized carbons (Fsp3) is 0.708. The third-order valence-corrected chi connectivity index (χ3v) is 6.67. The van der Waals surface area contributed by atoms with Crippen LogP contribution in [0.15, 0.2) is 24.3 Å². The third-order valence-electron chi connectivity index (χ3n) is 6.42. The summed E-state index contributed by atoms with van der Waals surface area (Å²) in [5.41, 5.74) is 0. The molecule has 1 heterocycles. The van der Waals surface area contributed by atoms with E-state index in [0.29, 0.717) is 16.9 Å². The van der Waals surface area contributed by atoms with Crippen molar-refractivity contribution in [2.75, 3.05) is 33.3 Å². The molecule has 168 valence electrons. The Morgan fingerprint density at radius 1 is 1.03 bits per heavy atom. The fourth-order valence-electron chi connectivity index (χ4n) is 4.47. The highest BCUT2D eigenvalue weighted by Gasteiger charge is 2.27. The van der Waals surface area contributed by atoms with Crippen molar-refractivity contribution in [2.45, 2.75) is 76.4 Å². The van der Waals surface area contributed by atoms with E-state index < -0.39 is 0 Å². The summed E-state index contributed by atoms with van der Waals surface area (Å²) in [6.07, 6.45) is 11.8. The van der Waals surface area contributed by atoms with Crippen LogP contribution >= 0.6 is 11.6 Å². The number of likely N-dealkylation sites (tertiary alicyclic amines) is 1. The van der Waals surface area contributed by atoms with Crippen LogP contribution in [0.25, 0.3) is 0 Å². The summed E-state index contributed by atoms with van der Waals surface area (Å²) in [5, 5.41) is 0.628. The van der Waals surface area contributed by atoms with Crippen molar-refractivity contribution in [2.24, 2.45) is 0 Å². The van der Waals surface area contributed by atoms with Gasteiger partial charge in [0.15, 0.2) is 0 Å². The molecule has 0 aromatic heterocycles. The van der Waals surface area contributed by atoms with E-state index in [1.165, 1.54) is 51.7 Å². The van der Waals surface area contributed by atoms with Crippen LogP contribution in [0.2, 0.25) is 5.02 Å². The average Bonchev–Trinajstić information content (AvgIpc) is 3.28. The largest absolute Gasteiger partial charge is 0.415 e. The van der Waals surface area contributed by atoms with Crippen LogP contribution in [0.3, 0.4) is 0 Å². The maximum Gasteiger partial charge on any atom is 0.415 e. The maximum absolute atomic E-state index is 12.4. The second kappa shape index (κ2) is 12.5. The number of carbonyl (C=O) groups excluding carboxylic acids is 1. The van der Waals surface area contributed by atoms with E-state index in [1.807, 2.05) is 7.05 Å². The number of benzene rings is 1. The van der Waals surface area contributed by atoms with E-state index >= 15 is 0 Å². The van der Waals surface area contributed by atoms with Gasteiger partial charge in [-0.3, -0.25) is 0 Å². The normalized spacial score (nSPS) is 22.2. The number of nitrogens with zero attached hydrogens (tertiary/aromatic N) is 2. The molecule has 1 saturated heterocycles. The van der Waals surface area contributed by atoms with Crippen molar-refractivity contribution < 1.29 is 14.3 Å². The topological polar surface area (TPSA) is 42.0 Å². The first kappa shape index (κ1) is 23.4. The van der Waals surface area contributed by atoms with E-state index in [9.17, 15) is 4.79 Å². The number of hydrogen-bond donors (Lipinski definition) is 0. The van der Waals surface area contributed by atoms with Crippen LogP contribution in [-0.2, 0) is 4.74 Å². The first-order chi connectivity index (χ1) is 14.6. The van der Waals surface area contributed by atoms with Crippen molar-refractivity contribution in [3.05, 3.63) is 29.3 Å². The minimum atomic E-state index is -0.310. The SMILES string of the molecule is CN(C(=O)Oc1ccc(Cl)cc1)[C@H]1CC[C@H](OCCCCCCN2CCCC2)CC1. The molecule has 1 amide bonds. The number of hydrogen-bond acceptors (Lipinski definition) is 4. The van der Waals surface area contributed by atoms with Gasteiger partial charge in [0.1, 0.15) is 5.75 Å². The molecule has 1 aliphatic heterocycles. The van der Waals surface area contributed by atoms with Gasteiger partial charge >= 0.3 is 6.09 Å². The van der Waals surface area contributed by atoms with Gasteiger partial charge in [-0.25, -0.2) is 4.79 Å². The Hall–Kier alpha value is -1.30. The van der Waals surface area contributed by atoms with E-state index in [0.717, 1.165) is 38.7 Å². The molecule has 5 nitrogen and oxygen atoms in total. The second-order valence-electron chi connectivity index (χ2n) is 8.70. The molecule has 2 aliphatic rings. The van der Waals surface area contributed by atoms with Crippen LogP contribution in [-0.4, -0.2) is 61.3 Å². The van der Waals surface area contributed by atoms with Crippen molar-refractivity contribution in [3.8, 4) is 5.75 Å². The van der Waals surface area contributed by atoms with Gasteiger partial charge in [0, 0.05) is 24.7 Å². The fourth-order valence-corrected chi connectivity index (χ4v) is 4.60. The minimum absolute atomic E-state index is 0.218. The van der Waals surface area contributed by atoms with Crippen LogP contribution in [0.4, 0.5) is 4.79 Å². The molecular formula is C24H37ClN2O3. The summed E-state index contributed by atoms with van der Waals surface area (Å²) in [6, 6.07) is 7.09.